The molecule has 1 atom stereocenters. The molecule has 4 rings (SSSR count). The zero-order valence-corrected chi connectivity index (χ0v) is 19.7. The molecule has 3 aromatic rings. The Balaban J connectivity index is 1.45. The molecular weight excluding hydrogens is 440 g/mol. The molecule has 0 radical (unpaired) electrons. The molecule has 1 aliphatic rings. The van der Waals surface area contributed by atoms with Crippen molar-refractivity contribution in [3.05, 3.63) is 66.1 Å². The van der Waals surface area contributed by atoms with Gasteiger partial charge in [0, 0.05) is 25.2 Å². The number of benzene rings is 2. The van der Waals surface area contributed by atoms with Gasteiger partial charge in [0.1, 0.15) is 0 Å². The first kappa shape index (κ1) is 23.1. The third-order valence-corrected chi connectivity index (χ3v) is 7.79. The number of aromatic nitrogens is 2. The first-order valence-electron chi connectivity index (χ1n) is 11.1. The predicted octanol–water partition coefficient (Wildman–Crippen LogP) is 3.49. The molecule has 8 nitrogen and oxygen atoms in total. The van der Waals surface area contributed by atoms with Gasteiger partial charge < -0.3 is 9.42 Å². The van der Waals surface area contributed by atoms with Crippen molar-refractivity contribution in [1.29, 1.82) is 0 Å². The van der Waals surface area contributed by atoms with Crippen LogP contribution in [0.3, 0.4) is 0 Å². The molecule has 1 aromatic heterocycles. The number of carbonyl (C=O) groups excluding carboxylic acids is 1. The molecule has 1 fully saturated rings. The van der Waals surface area contributed by atoms with E-state index in [2.05, 4.69) is 10.1 Å². The highest BCUT2D eigenvalue weighted by Gasteiger charge is 2.35. The summed E-state index contributed by atoms with van der Waals surface area (Å²) in [6.07, 6.45) is 1.28. The maximum absolute atomic E-state index is 13.3. The SMILES string of the molecule is CCN(Cc1nc(-c2ccccc2)no1)C(=O)[C@@H]1CCCN(S(=O)(=O)c2ccc(C)cc2)C1. The molecule has 0 bridgehead atoms. The average Bonchev–Trinajstić information content (AvgIpc) is 3.32. The van der Waals surface area contributed by atoms with Crippen molar-refractivity contribution in [1.82, 2.24) is 19.3 Å². The van der Waals surface area contributed by atoms with E-state index in [4.69, 9.17) is 4.52 Å². The minimum atomic E-state index is -3.64. The third kappa shape index (κ3) is 5.15. The number of carbonyl (C=O) groups is 1. The van der Waals surface area contributed by atoms with Gasteiger partial charge >= 0.3 is 0 Å². The van der Waals surface area contributed by atoms with E-state index in [1.54, 1.807) is 29.2 Å². The van der Waals surface area contributed by atoms with Gasteiger partial charge in [-0.1, -0.05) is 53.2 Å². The van der Waals surface area contributed by atoms with Crippen LogP contribution in [-0.2, 0) is 21.4 Å². The Morgan fingerprint density at radius 2 is 1.88 bits per heavy atom. The van der Waals surface area contributed by atoms with E-state index in [-0.39, 0.29) is 23.9 Å². The van der Waals surface area contributed by atoms with Crippen LogP contribution in [0, 0.1) is 12.8 Å². The van der Waals surface area contributed by atoms with E-state index in [1.165, 1.54) is 4.31 Å². The van der Waals surface area contributed by atoms with Gasteiger partial charge in [0.15, 0.2) is 0 Å². The number of amides is 1. The fourth-order valence-corrected chi connectivity index (χ4v) is 5.54. The van der Waals surface area contributed by atoms with Crippen molar-refractivity contribution in [3.63, 3.8) is 0 Å². The molecule has 0 spiro atoms. The summed E-state index contributed by atoms with van der Waals surface area (Å²) in [6, 6.07) is 16.3. The Hall–Kier alpha value is -3.04. The highest BCUT2D eigenvalue weighted by atomic mass is 32.2. The van der Waals surface area contributed by atoms with E-state index in [1.807, 2.05) is 44.2 Å². The van der Waals surface area contributed by atoms with Crippen LogP contribution >= 0.6 is 0 Å². The van der Waals surface area contributed by atoms with Crippen molar-refractivity contribution >= 4 is 15.9 Å². The predicted molar refractivity (Wildman–Crippen MR) is 123 cm³/mol. The van der Waals surface area contributed by atoms with Crippen molar-refractivity contribution in [2.75, 3.05) is 19.6 Å². The molecule has 0 saturated carbocycles. The molecule has 0 aliphatic carbocycles. The minimum absolute atomic E-state index is 0.0965. The molecule has 1 aliphatic heterocycles. The minimum Gasteiger partial charge on any atom is -0.337 e. The molecule has 2 aromatic carbocycles. The van der Waals surface area contributed by atoms with Crippen LogP contribution in [0.25, 0.3) is 11.4 Å². The maximum atomic E-state index is 13.3. The summed E-state index contributed by atoms with van der Waals surface area (Å²) in [5.41, 5.74) is 1.83. The van der Waals surface area contributed by atoms with Crippen molar-refractivity contribution in [2.45, 2.75) is 38.1 Å². The van der Waals surface area contributed by atoms with Gasteiger partial charge in [-0.3, -0.25) is 4.79 Å². The molecule has 9 heteroatoms. The second-order valence-corrected chi connectivity index (χ2v) is 10.2. The second kappa shape index (κ2) is 9.84. The highest BCUT2D eigenvalue weighted by molar-refractivity contribution is 7.89. The van der Waals surface area contributed by atoms with Crippen LogP contribution in [0.2, 0.25) is 0 Å². The maximum Gasteiger partial charge on any atom is 0.246 e. The molecule has 1 amide bonds. The average molecular weight is 469 g/mol. The number of hydrogen-bond donors (Lipinski definition) is 0. The van der Waals surface area contributed by atoms with Gasteiger partial charge in [-0.25, -0.2) is 8.42 Å². The van der Waals surface area contributed by atoms with E-state index >= 15 is 0 Å². The van der Waals surface area contributed by atoms with E-state index in [0.29, 0.717) is 37.6 Å². The Morgan fingerprint density at radius 1 is 1.15 bits per heavy atom. The van der Waals surface area contributed by atoms with Crippen LogP contribution in [0.5, 0.6) is 0 Å². The largest absolute Gasteiger partial charge is 0.337 e. The number of piperidine rings is 1. The Bertz CT molecular complexity index is 1190. The normalized spacial score (nSPS) is 17.1. The summed E-state index contributed by atoms with van der Waals surface area (Å²) in [7, 11) is -3.64. The summed E-state index contributed by atoms with van der Waals surface area (Å²) in [5, 5.41) is 4.02. The highest BCUT2D eigenvalue weighted by Crippen LogP contribution is 2.26. The first-order chi connectivity index (χ1) is 15.9. The van der Waals surface area contributed by atoms with Crippen LogP contribution in [0.4, 0.5) is 0 Å². The quantitative estimate of drug-likeness (QED) is 0.527. The summed E-state index contributed by atoms with van der Waals surface area (Å²) in [5.74, 6) is 0.322. The van der Waals surface area contributed by atoms with Gasteiger partial charge in [-0.05, 0) is 38.8 Å². The molecular formula is C24H28N4O4S. The van der Waals surface area contributed by atoms with Gasteiger partial charge in [0.05, 0.1) is 17.4 Å². The Kier molecular flexibility index (Phi) is 6.90. The van der Waals surface area contributed by atoms with Gasteiger partial charge in [0.25, 0.3) is 0 Å². The van der Waals surface area contributed by atoms with Crippen LogP contribution in [-0.4, -0.2) is 53.3 Å². The van der Waals surface area contributed by atoms with E-state index < -0.39 is 15.9 Å². The third-order valence-electron chi connectivity index (χ3n) is 5.91. The summed E-state index contributed by atoms with van der Waals surface area (Å²) < 4.78 is 33.0. The lowest BCUT2D eigenvalue weighted by Crippen LogP contribution is -2.46. The van der Waals surface area contributed by atoms with Crippen LogP contribution in [0.15, 0.2) is 64.0 Å². The smallest absolute Gasteiger partial charge is 0.246 e. The monoisotopic (exact) mass is 468 g/mol. The van der Waals surface area contributed by atoms with Crippen molar-refractivity contribution in [2.24, 2.45) is 5.92 Å². The van der Waals surface area contributed by atoms with Gasteiger partial charge in [0.2, 0.25) is 27.6 Å². The van der Waals surface area contributed by atoms with Crippen molar-refractivity contribution < 1.29 is 17.7 Å². The molecule has 0 N–H and O–H groups in total. The van der Waals surface area contributed by atoms with E-state index in [9.17, 15) is 13.2 Å². The molecule has 2 heterocycles. The summed E-state index contributed by atoms with van der Waals surface area (Å²) in [6.45, 7) is 5.04. The lowest BCUT2D eigenvalue weighted by Gasteiger charge is -2.33. The number of sulfonamides is 1. The molecule has 1 saturated heterocycles. The Labute approximate surface area is 194 Å². The first-order valence-corrected chi connectivity index (χ1v) is 12.6. The number of rotatable bonds is 7. The number of hydrogen-bond acceptors (Lipinski definition) is 6. The lowest BCUT2D eigenvalue weighted by atomic mass is 9.98. The fraction of sp³-hybridized carbons (Fsp3) is 0.375. The van der Waals surface area contributed by atoms with Crippen molar-refractivity contribution in [3.8, 4) is 11.4 Å². The molecule has 174 valence electrons. The zero-order chi connectivity index (χ0) is 23.4. The summed E-state index contributed by atoms with van der Waals surface area (Å²) >= 11 is 0. The fourth-order valence-electron chi connectivity index (χ4n) is 4.01. The van der Waals surface area contributed by atoms with Crippen LogP contribution in [0.1, 0.15) is 31.2 Å². The zero-order valence-electron chi connectivity index (χ0n) is 18.8. The van der Waals surface area contributed by atoms with Gasteiger partial charge in [-0.2, -0.15) is 9.29 Å². The molecule has 33 heavy (non-hydrogen) atoms. The number of aryl methyl sites for hydroxylation is 1. The molecule has 0 unspecified atom stereocenters. The number of nitrogens with zero attached hydrogens (tertiary/aromatic N) is 4. The van der Waals surface area contributed by atoms with Crippen LogP contribution < -0.4 is 0 Å². The standard InChI is InChI=1S/C24H28N4O4S/c1-3-27(17-22-25-23(26-32-22)19-8-5-4-6-9-19)24(29)20-10-7-15-28(16-20)33(30,31)21-13-11-18(2)12-14-21/h4-6,8-9,11-14,20H,3,7,10,15-17H2,1-2H3/t20-/m1/s1. The summed E-state index contributed by atoms with van der Waals surface area (Å²) in [4.78, 5) is 19.6. The topological polar surface area (TPSA) is 96.6 Å². The second-order valence-electron chi connectivity index (χ2n) is 8.25. The lowest BCUT2D eigenvalue weighted by molar-refractivity contribution is -0.137. The van der Waals surface area contributed by atoms with Gasteiger partial charge in [-0.15, -0.1) is 0 Å². The van der Waals surface area contributed by atoms with E-state index in [0.717, 1.165) is 11.1 Å². The Morgan fingerprint density at radius 3 is 2.58 bits per heavy atom.